The van der Waals surface area contributed by atoms with E-state index in [0.29, 0.717) is 0 Å². The number of likely N-dealkylation sites (tertiary alicyclic amines) is 1. The Bertz CT molecular complexity index is 1670. The predicted octanol–water partition coefficient (Wildman–Crippen LogP) is 6.43. The first-order valence-corrected chi connectivity index (χ1v) is 12.5. The molecular weight excluding hydrogens is 444 g/mol. The van der Waals surface area contributed by atoms with Crippen LogP contribution in [-0.2, 0) is 6.54 Å². The maximum atomic E-state index is 4.69. The number of pyridine rings is 2. The summed E-state index contributed by atoms with van der Waals surface area (Å²) in [6, 6.07) is 21.3. The molecule has 1 saturated heterocycles. The number of aromatic nitrogens is 5. The van der Waals surface area contributed by atoms with E-state index >= 15 is 0 Å². The smallest absolute Gasteiger partial charge is 0.116 e. The molecule has 1 aliphatic heterocycles. The third-order valence-corrected chi connectivity index (χ3v) is 7.19. The van der Waals surface area contributed by atoms with Gasteiger partial charge in [-0.25, -0.2) is 0 Å². The third-order valence-electron chi connectivity index (χ3n) is 7.19. The molecule has 0 amide bonds. The fraction of sp³-hybridized carbons (Fsp3) is 0.167. The summed E-state index contributed by atoms with van der Waals surface area (Å²) in [6.07, 6.45) is 10.3. The molecule has 5 heterocycles. The highest BCUT2D eigenvalue weighted by Crippen LogP contribution is 2.35. The van der Waals surface area contributed by atoms with Gasteiger partial charge in [0.1, 0.15) is 5.69 Å². The fourth-order valence-electron chi connectivity index (χ4n) is 5.39. The van der Waals surface area contributed by atoms with E-state index in [0.717, 1.165) is 62.0 Å². The molecule has 2 aromatic carbocycles. The van der Waals surface area contributed by atoms with Crippen LogP contribution in [0, 0.1) is 0 Å². The van der Waals surface area contributed by atoms with Gasteiger partial charge < -0.3 is 4.98 Å². The van der Waals surface area contributed by atoms with Gasteiger partial charge in [-0.3, -0.25) is 20.0 Å². The van der Waals surface area contributed by atoms with Gasteiger partial charge in [0.05, 0.1) is 11.2 Å². The highest BCUT2D eigenvalue weighted by molar-refractivity contribution is 6.01. The van der Waals surface area contributed by atoms with Crippen LogP contribution in [-0.4, -0.2) is 43.1 Å². The molecule has 1 fully saturated rings. The van der Waals surface area contributed by atoms with Crippen molar-refractivity contribution in [2.45, 2.75) is 19.4 Å². The number of rotatable bonds is 5. The molecule has 6 aromatic rings. The van der Waals surface area contributed by atoms with Crippen molar-refractivity contribution in [2.24, 2.45) is 0 Å². The van der Waals surface area contributed by atoms with Gasteiger partial charge in [-0.2, -0.15) is 5.10 Å². The average molecular weight is 471 g/mol. The zero-order chi connectivity index (χ0) is 23.9. The Labute approximate surface area is 209 Å². The van der Waals surface area contributed by atoms with Crippen molar-refractivity contribution in [3.8, 4) is 33.6 Å². The molecule has 0 bridgehead atoms. The summed E-state index contributed by atoms with van der Waals surface area (Å²) in [6.45, 7) is 3.33. The summed E-state index contributed by atoms with van der Waals surface area (Å²) in [5.41, 5.74) is 9.81. The molecule has 2 N–H and O–H groups in total. The first-order valence-electron chi connectivity index (χ1n) is 12.5. The Hall–Kier alpha value is -4.29. The van der Waals surface area contributed by atoms with Gasteiger partial charge in [0.25, 0.3) is 0 Å². The van der Waals surface area contributed by atoms with Crippen molar-refractivity contribution < 1.29 is 0 Å². The second-order valence-electron chi connectivity index (χ2n) is 9.59. The SMILES string of the molecule is c1cncc(-c2cccc3[nH]c(-c4n[nH]c5ccc(-c6cncc(CN7CCCC7)c6)cc45)cc23)c1. The Kier molecular flexibility index (Phi) is 5.10. The summed E-state index contributed by atoms with van der Waals surface area (Å²) in [5.74, 6) is 0. The lowest BCUT2D eigenvalue weighted by atomic mass is 10.0. The van der Waals surface area contributed by atoms with E-state index in [2.05, 4.69) is 79.5 Å². The molecular formula is C30H26N6. The minimum Gasteiger partial charge on any atom is -0.353 e. The van der Waals surface area contributed by atoms with Gasteiger partial charge in [-0.1, -0.05) is 24.3 Å². The van der Waals surface area contributed by atoms with Crippen molar-refractivity contribution in [1.82, 2.24) is 30.0 Å². The molecule has 0 saturated carbocycles. The van der Waals surface area contributed by atoms with Crippen LogP contribution in [0.15, 0.2) is 85.5 Å². The molecule has 6 heteroatoms. The Morgan fingerprint density at radius 2 is 1.67 bits per heavy atom. The molecule has 0 spiro atoms. The van der Waals surface area contributed by atoms with Crippen LogP contribution >= 0.6 is 0 Å². The maximum absolute atomic E-state index is 4.69. The van der Waals surface area contributed by atoms with Gasteiger partial charge in [0.15, 0.2) is 0 Å². The molecule has 4 aromatic heterocycles. The zero-order valence-corrected chi connectivity index (χ0v) is 19.9. The van der Waals surface area contributed by atoms with Crippen molar-refractivity contribution in [1.29, 1.82) is 0 Å². The number of nitrogens with one attached hydrogen (secondary N) is 2. The van der Waals surface area contributed by atoms with Gasteiger partial charge in [-0.05, 0) is 79.0 Å². The van der Waals surface area contributed by atoms with Crippen LogP contribution in [0.25, 0.3) is 55.4 Å². The van der Waals surface area contributed by atoms with E-state index in [1.54, 1.807) is 6.20 Å². The summed E-state index contributed by atoms with van der Waals surface area (Å²) < 4.78 is 0. The lowest BCUT2D eigenvalue weighted by Gasteiger charge is -2.14. The van der Waals surface area contributed by atoms with Crippen LogP contribution in [0.2, 0.25) is 0 Å². The summed E-state index contributed by atoms with van der Waals surface area (Å²) in [4.78, 5) is 15.0. The molecule has 0 atom stereocenters. The first kappa shape index (κ1) is 21.0. The third kappa shape index (κ3) is 3.76. The molecule has 7 rings (SSSR count). The van der Waals surface area contributed by atoms with Crippen molar-refractivity contribution in [3.05, 3.63) is 91.0 Å². The number of hydrogen-bond acceptors (Lipinski definition) is 4. The van der Waals surface area contributed by atoms with Crippen LogP contribution in [0.5, 0.6) is 0 Å². The number of nitrogens with zero attached hydrogens (tertiary/aromatic N) is 4. The van der Waals surface area contributed by atoms with Crippen LogP contribution in [0.3, 0.4) is 0 Å². The quantitative estimate of drug-likeness (QED) is 0.304. The van der Waals surface area contributed by atoms with E-state index in [4.69, 9.17) is 5.10 Å². The molecule has 0 radical (unpaired) electrons. The predicted molar refractivity (Wildman–Crippen MR) is 144 cm³/mol. The normalized spacial score (nSPS) is 14.2. The minimum atomic E-state index is 0.918. The van der Waals surface area contributed by atoms with E-state index in [-0.39, 0.29) is 0 Å². The Balaban J connectivity index is 1.28. The highest BCUT2D eigenvalue weighted by atomic mass is 15.1. The van der Waals surface area contributed by atoms with Crippen LogP contribution in [0.1, 0.15) is 18.4 Å². The molecule has 0 unspecified atom stereocenters. The maximum Gasteiger partial charge on any atom is 0.116 e. The monoisotopic (exact) mass is 470 g/mol. The lowest BCUT2D eigenvalue weighted by molar-refractivity contribution is 0.331. The van der Waals surface area contributed by atoms with Gasteiger partial charge in [0.2, 0.25) is 0 Å². The zero-order valence-electron chi connectivity index (χ0n) is 19.9. The molecule has 1 aliphatic rings. The number of aromatic amines is 2. The molecule has 36 heavy (non-hydrogen) atoms. The second kappa shape index (κ2) is 8.73. The molecule has 6 nitrogen and oxygen atoms in total. The first-order chi connectivity index (χ1) is 17.8. The van der Waals surface area contributed by atoms with E-state index in [9.17, 15) is 0 Å². The van der Waals surface area contributed by atoms with E-state index in [1.807, 2.05) is 24.7 Å². The van der Waals surface area contributed by atoms with Gasteiger partial charge >= 0.3 is 0 Å². The highest BCUT2D eigenvalue weighted by Gasteiger charge is 2.15. The Morgan fingerprint density at radius 1 is 0.750 bits per heavy atom. The summed E-state index contributed by atoms with van der Waals surface area (Å²) in [7, 11) is 0. The Morgan fingerprint density at radius 3 is 2.56 bits per heavy atom. The number of fused-ring (bicyclic) bond motifs is 2. The van der Waals surface area contributed by atoms with E-state index < -0.39 is 0 Å². The van der Waals surface area contributed by atoms with Crippen LogP contribution < -0.4 is 0 Å². The largest absolute Gasteiger partial charge is 0.353 e. The number of hydrogen-bond donors (Lipinski definition) is 2. The van der Waals surface area contributed by atoms with Gasteiger partial charge in [0, 0.05) is 58.7 Å². The topological polar surface area (TPSA) is 73.5 Å². The molecule has 176 valence electrons. The van der Waals surface area contributed by atoms with Crippen molar-refractivity contribution in [2.75, 3.05) is 13.1 Å². The second-order valence-corrected chi connectivity index (χ2v) is 9.59. The fourth-order valence-corrected chi connectivity index (χ4v) is 5.39. The van der Waals surface area contributed by atoms with Crippen molar-refractivity contribution >= 4 is 21.8 Å². The lowest BCUT2D eigenvalue weighted by Crippen LogP contribution is -2.18. The van der Waals surface area contributed by atoms with Crippen molar-refractivity contribution in [3.63, 3.8) is 0 Å². The number of H-pyrrole nitrogens is 2. The summed E-state index contributed by atoms with van der Waals surface area (Å²) in [5, 5.41) is 10.2. The summed E-state index contributed by atoms with van der Waals surface area (Å²) >= 11 is 0. The standard InChI is InChI=1S/C30H26N6/c1-2-12-36(11-1)19-20-13-23(18-32-16-20)21-8-9-28-26(14-21)30(35-34-28)29-15-25-24(6-3-7-27(25)33-29)22-5-4-10-31-17-22/h3-10,13-18,33H,1-2,11-12,19H2,(H,34,35). The molecule has 0 aliphatic carbocycles. The average Bonchev–Trinajstić information content (AvgIpc) is 3.68. The minimum absolute atomic E-state index is 0.918. The van der Waals surface area contributed by atoms with E-state index in [1.165, 1.54) is 31.5 Å². The van der Waals surface area contributed by atoms with Gasteiger partial charge in [-0.15, -0.1) is 0 Å². The number of benzene rings is 2. The van der Waals surface area contributed by atoms with Crippen LogP contribution in [0.4, 0.5) is 0 Å².